The van der Waals surface area contributed by atoms with Crippen LogP contribution >= 0.6 is 0 Å². The van der Waals surface area contributed by atoms with E-state index < -0.39 is 0 Å². The fourth-order valence-electron chi connectivity index (χ4n) is 2.24. The lowest BCUT2D eigenvalue weighted by Gasteiger charge is -2.15. The Morgan fingerprint density at radius 1 is 1.24 bits per heavy atom. The molecule has 0 radical (unpaired) electrons. The van der Waals surface area contributed by atoms with Crippen LogP contribution in [0.2, 0.25) is 0 Å². The third-order valence-electron chi connectivity index (χ3n) is 3.14. The highest BCUT2D eigenvalue weighted by molar-refractivity contribution is 5.67. The van der Waals surface area contributed by atoms with E-state index in [1.807, 2.05) is 37.1 Å². The molecule has 21 heavy (non-hydrogen) atoms. The topological polar surface area (TPSA) is 90.6 Å². The van der Waals surface area contributed by atoms with Gasteiger partial charge in [-0.15, -0.1) is 0 Å². The second kappa shape index (κ2) is 5.45. The number of aryl methyl sites for hydroxylation is 1. The first-order valence-corrected chi connectivity index (χ1v) is 6.65. The van der Waals surface area contributed by atoms with Gasteiger partial charge >= 0.3 is 0 Å². The first-order chi connectivity index (χ1) is 10.1. The number of aromatic amines is 2. The monoisotopic (exact) mass is 284 g/mol. The lowest BCUT2D eigenvalue weighted by molar-refractivity contribution is 0.306. The molecule has 108 valence electrons. The van der Waals surface area contributed by atoms with Crippen LogP contribution in [-0.2, 0) is 13.1 Å². The number of hydrogen-bond acceptors (Lipinski definition) is 5. The van der Waals surface area contributed by atoms with Crippen LogP contribution in [0.25, 0.3) is 11.2 Å². The number of hydrogen-bond donors (Lipinski definition) is 2. The van der Waals surface area contributed by atoms with Crippen LogP contribution in [0.3, 0.4) is 0 Å². The number of nitrogens with one attached hydrogen (secondary N) is 2. The van der Waals surface area contributed by atoms with Crippen LogP contribution in [0.4, 0.5) is 0 Å². The molecule has 0 saturated heterocycles. The van der Waals surface area contributed by atoms with Gasteiger partial charge < -0.3 is 9.97 Å². The second-order valence-electron chi connectivity index (χ2n) is 5.06. The Bertz CT molecular complexity index is 821. The van der Waals surface area contributed by atoms with Gasteiger partial charge in [-0.05, 0) is 26.1 Å². The van der Waals surface area contributed by atoms with Crippen molar-refractivity contribution in [1.82, 2.24) is 29.8 Å². The summed E-state index contributed by atoms with van der Waals surface area (Å²) in [5.41, 5.74) is 2.62. The van der Waals surface area contributed by atoms with Gasteiger partial charge in [-0.25, -0.2) is 9.97 Å². The van der Waals surface area contributed by atoms with E-state index in [2.05, 4.69) is 24.9 Å². The van der Waals surface area contributed by atoms with E-state index in [0.29, 0.717) is 30.1 Å². The minimum Gasteiger partial charge on any atom is -0.339 e. The van der Waals surface area contributed by atoms with Crippen molar-refractivity contribution >= 4 is 11.2 Å². The van der Waals surface area contributed by atoms with Crippen LogP contribution in [0.5, 0.6) is 0 Å². The predicted molar refractivity (Wildman–Crippen MR) is 78.7 cm³/mol. The van der Waals surface area contributed by atoms with Gasteiger partial charge in [-0.2, -0.15) is 0 Å². The number of rotatable bonds is 4. The molecule has 7 heteroatoms. The fraction of sp³-hybridized carbons (Fsp3) is 0.286. The molecule has 0 spiro atoms. The van der Waals surface area contributed by atoms with Gasteiger partial charge in [0.15, 0.2) is 11.2 Å². The van der Waals surface area contributed by atoms with Gasteiger partial charge in [-0.3, -0.25) is 14.7 Å². The standard InChI is InChI=1S/C14H16N6O/c1-9-4-3-5-10(17-9)6-20(2)7-11-18-13-12(14(21)19-11)15-8-16-13/h3-5,8H,6-7H2,1-2H3,(H2,15,16,18,19,21). The van der Waals surface area contributed by atoms with Crippen molar-refractivity contribution in [3.63, 3.8) is 0 Å². The Kier molecular flexibility index (Phi) is 3.49. The average Bonchev–Trinajstić information content (AvgIpc) is 2.87. The van der Waals surface area contributed by atoms with E-state index >= 15 is 0 Å². The number of aromatic nitrogens is 5. The lowest BCUT2D eigenvalue weighted by Crippen LogP contribution is -2.22. The summed E-state index contributed by atoms with van der Waals surface area (Å²) in [5.74, 6) is 0.592. The molecule has 0 atom stereocenters. The predicted octanol–water partition coefficient (Wildman–Crippen LogP) is 0.982. The summed E-state index contributed by atoms with van der Waals surface area (Å²) in [5, 5.41) is 0. The molecule has 0 fully saturated rings. The molecule has 2 N–H and O–H groups in total. The molecule has 3 rings (SSSR count). The van der Waals surface area contributed by atoms with Gasteiger partial charge in [0.2, 0.25) is 0 Å². The summed E-state index contributed by atoms with van der Waals surface area (Å²) in [6.07, 6.45) is 1.47. The Labute approximate surface area is 121 Å². The molecule has 3 heterocycles. The molecule has 3 aromatic heterocycles. The summed E-state index contributed by atoms with van der Waals surface area (Å²) in [4.78, 5) is 32.2. The van der Waals surface area contributed by atoms with Gasteiger partial charge in [0.1, 0.15) is 5.82 Å². The van der Waals surface area contributed by atoms with Crippen molar-refractivity contribution in [3.05, 3.63) is 52.1 Å². The lowest BCUT2D eigenvalue weighted by atomic mass is 10.3. The zero-order valence-corrected chi connectivity index (χ0v) is 11.9. The number of imidazole rings is 1. The van der Waals surface area contributed by atoms with Crippen molar-refractivity contribution in [2.45, 2.75) is 20.0 Å². The zero-order chi connectivity index (χ0) is 14.8. The molecule has 3 aromatic rings. The van der Waals surface area contributed by atoms with E-state index in [-0.39, 0.29) is 5.56 Å². The number of pyridine rings is 1. The molecular formula is C14H16N6O. The van der Waals surface area contributed by atoms with E-state index in [0.717, 1.165) is 11.4 Å². The third-order valence-corrected chi connectivity index (χ3v) is 3.14. The molecule has 0 amide bonds. The molecular weight excluding hydrogens is 268 g/mol. The highest BCUT2D eigenvalue weighted by Gasteiger charge is 2.09. The number of nitrogens with zero attached hydrogens (tertiary/aromatic N) is 4. The van der Waals surface area contributed by atoms with Crippen LogP contribution in [0.15, 0.2) is 29.3 Å². The van der Waals surface area contributed by atoms with Gasteiger partial charge in [0.05, 0.1) is 18.6 Å². The van der Waals surface area contributed by atoms with Crippen LogP contribution < -0.4 is 5.56 Å². The van der Waals surface area contributed by atoms with Crippen molar-refractivity contribution < 1.29 is 0 Å². The van der Waals surface area contributed by atoms with Gasteiger partial charge in [0, 0.05) is 12.2 Å². The van der Waals surface area contributed by atoms with Crippen LogP contribution in [0.1, 0.15) is 17.2 Å². The molecule has 0 aromatic carbocycles. The highest BCUT2D eigenvalue weighted by atomic mass is 16.1. The normalized spacial score (nSPS) is 11.4. The third kappa shape index (κ3) is 2.97. The first-order valence-electron chi connectivity index (χ1n) is 6.65. The van der Waals surface area contributed by atoms with Gasteiger partial charge in [-0.1, -0.05) is 6.07 Å². The first kappa shape index (κ1) is 13.4. The summed E-state index contributed by atoms with van der Waals surface area (Å²) in [7, 11) is 1.96. The van der Waals surface area contributed by atoms with Crippen molar-refractivity contribution in [1.29, 1.82) is 0 Å². The van der Waals surface area contributed by atoms with Crippen molar-refractivity contribution in [2.75, 3.05) is 7.05 Å². The number of H-pyrrole nitrogens is 2. The minimum atomic E-state index is -0.199. The SMILES string of the molecule is Cc1cccc(CN(C)Cc2nc3nc[nH]c3c(=O)[nH]2)n1. The van der Waals surface area contributed by atoms with Crippen LogP contribution in [-0.4, -0.2) is 36.9 Å². The smallest absolute Gasteiger partial charge is 0.277 e. The Morgan fingerprint density at radius 2 is 2.10 bits per heavy atom. The molecule has 7 nitrogen and oxygen atoms in total. The summed E-state index contributed by atoms with van der Waals surface area (Å²) < 4.78 is 0. The minimum absolute atomic E-state index is 0.199. The maximum atomic E-state index is 11.8. The van der Waals surface area contributed by atoms with Crippen LogP contribution in [0, 0.1) is 6.92 Å². The largest absolute Gasteiger partial charge is 0.339 e. The van der Waals surface area contributed by atoms with Gasteiger partial charge in [0.25, 0.3) is 5.56 Å². The second-order valence-corrected chi connectivity index (χ2v) is 5.06. The van der Waals surface area contributed by atoms with Crippen molar-refractivity contribution in [2.24, 2.45) is 0 Å². The van der Waals surface area contributed by atoms with Crippen molar-refractivity contribution in [3.8, 4) is 0 Å². The summed E-state index contributed by atoms with van der Waals surface area (Å²) in [6, 6.07) is 5.94. The Hall–Kier alpha value is -2.54. The van der Waals surface area contributed by atoms with E-state index in [1.54, 1.807) is 0 Å². The molecule has 0 aliphatic rings. The molecule has 0 aliphatic carbocycles. The highest BCUT2D eigenvalue weighted by Crippen LogP contribution is 2.05. The quantitative estimate of drug-likeness (QED) is 0.745. The Balaban J connectivity index is 1.76. The maximum Gasteiger partial charge on any atom is 0.277 e. The average molecular weight is 284 g/mol. The fourth-order valence-corrected chi connectivity index (χ4v) is 2.24. The zero-order valence-electron chi connectivity index (χ0n) is 11.9. The summed E-state index contributed by atoms with van der Waals surface area (Å²) in [6.45, 7) is 3.17. The van der Waals surface area contributed by atoms with E-state index in [1.165, 1.54) is 6.33 Å². The number of fused-ring (bicyclic) bond motifs is 1. The maximum absolute atomic E-state index is 11.8. The molecule has 0 bridgehead atoms. The summed E-state index contributed by atoms with van der Waals surface area (Å²) >= 11 is 0. The van der Waals surface area contributed by atoms with E-state index in [4.69, 9.17) is 0 Å². The Morgan fingerprint density at radius 3 is 2.90 bits per heavy atom. The molecule has 0 saturated carbocycles. The molecule has 0 aliphatic heterocycles. The molecule has 0 unspecified atom stereocenters. The van der Waals surface area contributed by atoms with E-state index in [9.17, 15) is 4.79 Å².